The molecule has 0 atom stereocenters. The van der Waals surface area contributed by atoms with Gasteiger partial charge in [0.25, 0.3) is 0 Å². The van der Waals surface area contributed by atoms with Crippen LogP contribution in [0.3, 0.4) is 0 Å². The second-order valence-corrected chi connectivity index (χ2v) is 2.38. The van der Waals surface area contributed by atoms with Gasteiger partial charge in [0.15, 0.2) is 5.58 Å². The van der Waals surface area contributed by atoms with E-state index in [9.17, 15) is 4.39 Å². The largest absolute Gasteiger partial charge is 0.356 e. The molecule has 0 saturated carbocycles. The van der Waals surface area contributed by atoms with Crippen molar-refractivity contribution in [3.63, 3.8) is 0 Å². The van der Waals surface area contributed by atoms with Crippen LogP contribution in [-0.4, -0.2) is 5.16 Å². The van der Waals surface area contributed by atoms with Crippen LogP contribution >= 0.6 is 0 Å². The van der Waals surface area contributed by atoms with E-state index in [0.717, 1.165) is 0 Å². The third-order valence-electron chi connectivity index (χ3n) is 1.62. The lowest BCUT2D eigenvalue weighted by Crippen LogP contribution is -1.76. The predicted octanol–water partition coefficient (Wildman–Crippen LogP) is 2.28. The summed E-state index contributed by atoms with van der Waals surface area (Å²) in [6.07, 6.45) is 0. The molecular weight excluding hydrogens is 145 g/mol. The first-order chi connectivity index (χ1) is 5.29. The van der Waals surface area contributed by atoms with Crippen molar-refractivity contribution in [3.05, 3.63) is 29.7 Å². The van der Waals surface area contributed by atoms with E-state index in [1.54, 1.807) is 19.1 Å². The molecule has 56 valence electrons. The van der Waals surface area contributed by atoms with Gasteiger partial charge in [-0.05, 0) is 19.1 Å². The van der Waals surface area contributed by atoms with Gasteiger partial charge in [0.1, 0.15) is 5.82 Å². The maximum atomic E-state index is 13.0. The monoisotopic (exact) mass is 151 g/mol. The van der Waals surface area contributed by atoms with Crippen molar-refractivity contribution in [2.45, 2.75) is 6.92 Å². The number of aromatic nitrogens is 1. The molecule has 0 N–H and O–H groups in total. The van der Waals surface area contributed by atoms with Gasteiger partial charge in [0.05, 0.1) is 11.1 Å². The topological polar surface area (TPSA) is 26.0 Å². The van der Waals surface area contributed by atoms with Crippen molar-refractivity contribution in [3.8, 4) is 0 Å². The zero-order valence-corrected chi connectivity index (χ0v) is 5.97. The van der Waals surface area contributed by atoms with E-state index < -0.39 is 0 Å². The zero-order chi connectivity index (χ0) is 7.84. The van der Waals surface area contributed by atoms with E-state index in [1.165, 1.54) is 6.07 Å². The Morgan fingerprint density at radius 2 is 2.27 bits per heavy atom. The number of hydrogen-bond donors (Lipinski definition) is 0. The van der Waals surface area contributed by atoms with Crippen LogP contribution in [0.5, 0.6) is 0 Å². The van der Waals surface area contributed by atoms with Crippen molar-refractivity contribution in [1.29, 1.82) is 0 Å². The molecule has 2 nitrogen and oxygen atoms in total. The molecule has 2 aromatic rings. The number of aryl methyl sites for hydroxylation is 1. The summed E-state index contributed by atoms with van der Waals surface area (Å²) in [5.41, 5.74) is 1.10. The van der Waals surface area contributed by atoms with Crippen LogP contribution in [0.25, 0.3) is 11.0 Å². The highest BCUT2D eigenvalue weighted by molar-refractivity contribution is 5.79. The van der Waals surface area contributed by atoms with Crippen LogP contribution in [0.15, 0.2) is 22.7 Å². The molecule has 3 heteroatoms. The van der Waals surface area contributed by atoms with Gasteiger partial charge in [-0.3, -0.25) is 0 Å². The van der Waals surface area contributed by atoms with Crippen LogP contribution in [0, 0.1) is 12.7 Å². The van der Waals surface area contributed by atoms with Crippen molar-refractivity contribution >= 4 is 11.0 Å². The summed E-state index contributed by atoms with van der Waals surface area (Å²) in [5.74, 6) is -0.277. The first-order valence-corrected chi connectivity index (χ1v) is 3.29. The molecule has 0 spiro atoms. The van der Waals surface area contributed by atoms with Crippen LogP contribution in [0.4, 0.5) is 4.39 Å². The summed E-state index contributed by atoms with van der Waals surface area (Å²) < 4.78 is 17.8. The van der Waals surface area contributed by atoms with E-state index in [0.29, 0.717) is 16.7 Å². The molecule has 0 aliphatic heterocycles. The lowest BCUT2D eigenvalue weighted by Gasteiger charge is -1.87. The summed E-state index contributed by atoms with van der Waals surface area (Å²) >= 11 is 0. The second kappa shape index (κ2) is 2.05. The van der Waals surface area contributed by atoms with E-state index in [-0.39, 0.29) is 5.82 Å². The van der Waals surface area contributed by atoms with Crippen LogP contribution < -0.4 is 0 Å². The molecule has 0 bridgehead atoms. The standard InChI is InChI=1S/C8H6FNO/c1-5-8-6(9)3-2-4-7(8)11-10-5/h2-4H,1H3. The highest BCUT2D eigenvalue weighted by Gasteiger charge is 2.07. The minimum absolute atomic E-state index is 0.277. The number of fused-ring (bicyclic) bond motifs is 1. The molecule has 1 aromatic carbocycles. The van der Waals surface area contributed by atoms with Gasteiger partial charge in [-0.25, -0.2) is 4.39 Å². The molecular formula is C8H6FNO. The van der Waals surface area contributed by atoms with E-state index >= 15 is 0 Å². The fourth-order valence-corrected chi connectivity index (χ4v) is 1.09. The molecule has 0 fully saturated rings. The minimum Gasteiger partial charge on any atom is -0.356 e. The Morgan fingerprint density at radius 3 is 3.00 bits per heavy atom. The molecule has 0 aliphatic rings. The molecule has 0 saturated heterocycles. The molecule has 1 aromatic heterocycles. The summed E-state index contributed by atoms with van der Waals surface area (Å²) in [5, 5.41) is 4.12. The Bertz CT molecular complexity index is 394. The zero-order valence-electron chi connectivity index (χ0n) is 5.97. The molecule has 0 radical (unpaired) electrons. The van der Waals surface area contributed by atoms with Crippen molar-refractivity contribution < 1.29 is 8.91 Å². The summed E-state index contributed by atoms with van der Waals surface area (Å²) in [6.45, 7) is 1.72. The first kappa shape index (κ1) is 6.34. The normalized spacial score (nSPS) is 10.7. The van der Waals surface area contributed by atoms with Gasteiger partial charge in [-0.1, -0.05) is 11.2 Å². The lowest BCUT2D eigenvalue weighted by atomic mass is 10.2. The number of nitrogens with zero attached hydrogens (tertiary/aromatic N) is 1. The summed E-state index contributed by atoms with van der Waals surface area (Å²) in [7, 11) is 0. The molecule has 0 amide bonds. The smallest absolute Gasteiger partial charge is 0.170 e. The third-order valence-corrected chi connectivity index (χ3v) is 1.62. The molecule has 0 aliphatic carbocycles. The van der Waals surface area contributed by atoms with Gasteiger partial charge in [-0.15, -0.1) is 0 Å². The Morgan fingerprint density at radius 1 is 1.45 bits per heavy atom. The van der Waals surface area contributed by atoms with Gasteiger partial charge in [0, 0.05) is 0 Å². The quantitative estimate of drug-likeness (QED) is 0.577. The SMILES string of the molecule is Cc1noc2cccc(F)c12. The Labute approximate surface area is 62.6 Å². The molecule has 2 rings (SSSR count). The first-order valence-electron chi connectivity index (χ1n) is 3.29. The fourth-order valence-electron chi connectivity index (χ4n) is 1.09. The Balaban J connectivity index is 2.96. The highest BCUT2D eigenvalue weighted by atomic mass is 19.1. The van der Waals surface area contributed by atoms with E-state index in [1.807, 2.05) is 0 Å². The third kappa shape index (κ3) is 0.808. The predicted molar refractivity (Wildman–Crippen MR) is 38.7 cm³/mol. The number of hydrogen-bond acceptors (Lipinski definition) is 2. The highest BCUT2D eigenvalue weighted by Crippen LogP contribution is 2.20. The Hall–Kier alpha value is -1.38. The van der Waals surface area contributed by atoms with Gasteiger partial charge >= 0.3 is 0 Å². The maximum Gasteiger partial charge on any atom is 0.170 e. The van der Waals surface area contributed by atoms with Crippen LogP contribution in [0.2, 0.25) is 0 Å². The van der Waals surface area contributed by atoms with Crippen molar-refractivity contribution in [2.75, 3.05) is 0 Å². The van der Waals surface area contributed by atoms with E-state index in [2.05, 4.69) is 5.16 Å². The van der Waals surface area contributed by atoms with Crippen molar-refractivity contribution in [2.24, 2.45) is 0 Å². The van der Waals surface area contributed by atoms with Crippen LogP contribution in [-0.2, 0) is 0 Å². The van der Waals surface area contributed by atoms with Crippen LogP contribution in [0.1, 0.15) is 5.69 Å². The summed E-state index contributed by atoms with van der Waals surface area (Å²) in [6, 6.07) is 4.69. The van der Waals surface area contributed by atoms with Gasteiger partial charge < -0.3 is 4.52 Å². The summed E-state index contributed by atoms with van der Waals surface area (Å²) in [4.78, 5) is 0. The minimum atomic E-state index is -0.277. The Kier molecular flexibility index (Phi) is 1.18. The fraction of sp³-hybridized carbons (Fsp3) is 0.125. The number of halogens is 1. The van der Waals surface area contributed by atoms with E-state index in [4.69, 9.17) is 4.52 Å². The second-order valence-electron chi connectivity index (χ2n) is 2.38. The number of benzene rings is 1. The lowest BCUT2D eigenvalue weighted by molar-refractivity contribution is 0.450. The van der Waals surface area contributed by atoms with Gasteiger partial charge in [0.2, 0.25) is 0 Å². The van der Waals surface area contributed by atoms with Crippen molar-refractivity contribution in [1.82, 2.24) is 5.16 Å². The maximum absolute atomic E-state index is 13.0. The molecule has 0 unspecified atom stereocenters. The average Bonchev–Trinajstić information content (AvgIpc) is 2.34. The average molecular weight is 151 g/mol. The molecule has 11 heavy (non-hydrogen) atoms. The molecule has 1 heterocycles. The number of rotatable bonds is 0. The van der Waals surface area contributed by atoms with Gasteiger partial charge in [-0.2, -0.15) is 0 Å².